The molecule has 0 bridgehead atoms. The Bertz CT molecular complexity index is 559. The first-order valence-corrected chi connectivity index (χ1v) is 7.33. The number of hydrogen-bond donors (Lipinski definition) is 1. The summed E-state index contributed by atoms with van der Waals surface area (Å²) in [5, 5.41) is 7.07. The molecule has 0 saturated carbocycles. The van der Waals surface area contributed by atoms with Crippen molar-refractivity contribution in [3.8, 4) is 0 Å². The molecule has 18 heavy (non-hydrogen) atoms. The van der Waals surface area contributed by atoms with Gasteiger partial charge in [0.25, 0.3) is 5.91 Å². The maximum absolute atomic E-state index is 12.1. The van der Waals surface area contributed by atoms with E-state index in [1.54, 1.807) is 23.6 Å². The molecule has 0 fully saturated rings. The van der Waals surface area contributed by atoms with Crippen LogP contribution in [0, 0.1) is 0 Å². The molecule has 1 unspecified atom stereocenters. The summed E-state index contributed by atoms with van der Waals surface area (Å²) in [6.07, 6.45) is 1.56. The first-order chi connectivity index (χ1) is 8.58. The second-order valence-electron chi connectivity index (χ2n) is 3.74. The van der Waals surface area contributed by atoms with Gasteiger partial charge in [-0.05, 0) is 51.3 Å². The highest BCUT2D eigenvalue weighted by Gasteiger charge is 2.15. The molecule has 0 spiro atoms. The van der Waals surface area contributed by atoms with E-state index in [2.05, 4.69) is 26.2 Å². The van der Waals surface area contributed by atoms with E-state index in [0.717, 1.165) is 10.0 Å². The Morgan fingerprint density at radius 3 is 3.06 bits per heavy atom. The van der Waals surface area contributed by atoms with Crippen molar-refractivity contribution in [1.82, 2.24) is 10.3 Å². The molecule has 0 aliphatic heterocycles. The molecule has 2 aromatic rings. The Hall–Kier alpha value is -0.910. The Balaban J connectivity index is 2.15. The fraction of sp³-hybridized carbons (Fsp3) is 0.167. The van der Waals surface area contributed by atoms with E-state index in [-0.39, 0.29) is 17.1 Å². The number of carbonyl (C=O) groups is 1. The van der Waals surface area contributed by atoms with Gasteiger partial charge in [-0.2, -0.15) is 11.3 Å². The number of rotatable bonds is 3. The monoisotopic (exact) mass is 344 g/mol. The summed E-state index contributed by atoms with van der Waals surface area (Å²) < 4.78 is 0.722. The molecule has 6 heteroatoms. The number of thiophene rings is 1. The molecule has 1 N–H and O–H groups in total. The zero-order valence-electron chi connectivity index (χ0n) is 9.48. The van der Waals surface area contributed by atoms with Gasteiger partial charge in [-0.15, -0.1) is 0 Å². The summed E-state index contributed by atoms with van der Waals surface area (Å²) in [6.45, 7) is 1.93. The lowest BCUT2D eigenvalue weighted by Gasteiger charge is -2.13. The van der Waals surface area contributed by atoms with Gasteiger partial charge in [-0.3, -0.25) is 4.79 Å². The molecule has 3 nitrogen and oxygen atoms in total. The average molecular weight is 346 g/mol. The summed E-state index contributed by atoms with van der Waals surface area (Å²) in [7, 11) is 0. The first kappa shape index (κ1) is 13.5. The minimum absolute atomic E-state index is 0.0567. The fourth-order valence-corrected chi connectivity index (χ4v) is 2.74. The quantitative estimate of drug-likeness (QED) is 0.853. The molecule has 2 rings (SSSR count). The molecule has 0 saturated heterocycles. The van der Waals surface area contributed by atoms with Crippen molar-refractivity contribution >= 4 is 44.8 Å². The average Bonchev–Trinajstić information content (AvgIpc) is 2.85. The molecule has 0 radical (unpaired) electrons. The molecule has 0 aliphatic rings. The minimum Gasteiger partial charge on any atom is -0.345 e. The van der Waals surface area contributed by atoms with Gasteiger partial charge in [0.1, 0.15) is 5.15 Å². The Kier molecular flexibility index (Phi) is 4.37. The Labute approximate surface area is 122 Å². The number of pyridine rings is 1. The van der Waals surface area contributed by atoms with Gasteiger partial charge in [0, 0.05) is 10.7 Å². The zero-order valence-corrected chi connectivity index (χ0v) is 12.6. The molecule has 2 heterocycles. The van der Waals surface area contributed by atoms with Crippen molar-refractivity contribution in [3.63, 3.8) is 0 Å². The predicted octanol–water partition coefficient (Wildman–Crippen LogP) is 4.05. The van der Waals surface area contributed by atoms with E-state index >= 15 is 0 Å². The summed E-state index contributed by atoms with van der Waals surface area (Å²) in [6, 6.07) is 3.58. The van der Waals surface area contributed by atoms with Crippen LogP contribution in [0.4, 0.5) is 0 Å². The predicted molar refractivity (Wildman–Crippen MR) is 77.1 cm³/mol. The number of nitrogens with zero attached hydrogens (tertiary/aromatic N) is 1. The Morgan fingerprint density at radius 1 is 1.61 bits per heavy atom. The van der Waals surface area contributed by atoms with Gasteiger partial charge in [0.15, 0.2) is 0 Å². The van der Waals surface area contributed by atoms with Crippen molar-refractivity contribution in [2.45, 2.75) is 13.0 Å². The lowest BCUT2D eigenvalue weighted by Crippen LogP contribution is -2.26. The third-order valence-corrected chi connectivity index (χ3v) is 3.88. The van der Waals surface area contributed by atoms with E-state index in [9.17, 15) is 4.79 Å². The zero-order chi connectivity index (χ0) is 13.1. The largest absolute Gasteiger partial charge is 0.345 e. The second kappa shape index (κ2) is 5.82. The van der Waals surface area contributed by atoms with E-state index < -0.39 is 0 Å². The third-order valence-electron chi connectivity index (χ3n) is 2.44. The minimum atomic E-state index is -0.229. The highest BCUT2D eigenvalue weighted by atomic mass is 79.9. The molecule has 1 amide bonds. The first-order valence-electron chi connectivity index (χ1n) is 5.22. The van der Waals surface area contributed by atoms with E-state index in [0.29, 0.717) is 5.56 Å². The second-order valence-corrected chi connectivity index (χ2v) is 5.80. The van der Waals surface area contributed by atoms with Gasteiger partial charge in [0.05, 0.1) is 11.6 Å². The van der Waals surface area contributed by atoms with Gasteiger partial charge in [-0.25, -0.2) is 4.98 Å². The van der Waals surface area contributed by atoms with Crippen LogP contribution in [0.25, 0.3) is 0 Å². The highest BCUT2D eigenvalue weighted by Crippen LogP contribution is 2.20. The maximum atomic E-state index is 12.1. The van der Waals surface area contributed by atoms with Crippen molar-refractivity contribution in [3.05, 3.63) is 49.8 Å². The fourth-order valence-electron chi connectivity index (χ4n) is 1.46. The number of halogens is 2. The SMILES string of the molecule is CC(NC(=O)c1cc(Br)cnc1Cl)c1ccsc1. The normalized spacial score (nSPS) is 12.2. The Morgan fingerprint density at radius 2 is 2.39 bits per heavy atom. The van der Waals surface area contributed by atoms with Crippen LogP contribution in [0.5, 0.6) is 0 Å². The van der Waals surface area contributed by atoms with Crippen LogP contribution < -0.4 is 5.32 Å². The number of aromatic nitrogens is 1. The topological polar surface area (TPSA) is 42.0 Å². The molecular weight excluding hydrogens is 336 g/mol. The van der Waals surface area contributed by atoms with E-state index in [1.165, 1.54) is 0 Å². The molecule has 2 aromatic heterocycles. The molecular formula is C12H10BrClN2OS. The number of carbonyl (C=O) groups excluding carboxylic acids is 1. The van der Waals surface area contributed by atoms with E-state index in [1.807, 2.05) is 23.8 Å². The van der Waals surface area contributed by atoms with Crippen molar-refractivity contribution in [2.75, 3.05) is 0 Å². The summed E-state index contributed by atoms with van der Waals surface area (Å²) in [4.78, 5) is 16.0. The van der Waals surface area contributed by atoms with Gasteiger partial charge >= 0.3 is 0 Å². The van der Waals surface area contributed by atoms with Crippen molar-refractivity contribution in [2.24, 2.45) is 0 Å². The van der Waals surface area contributed by atoms with Crippen LogP contribution in [-0.4, -0.2) is 10.9 Å². The smallest absolute Gasteiger partial charge is 0.254 e. The van der Waals surface area contributed by atoms with Crippen LogP contribution in [0.15, 0.2) is 33.6 Å². The van der Waals surface area contributed by atoms with Crippen LogP contribution in [0.3, 0.4) is 0 Å². The highest BCUT2D eigenvalue weighted by molar-refractivity contribution is 9.10. The summed E-state index contributed by atoms with van der Waals surface area (Å²) in [5.74, 6) is -0.229. The third kappa shape index (κ3) is 3.10. The standard InChI is InChI=1S/C12H10BrClN2OS/c1-7(8-2-3-18-6-8)16-12(17)10-4-9(13)5-15-11(10)14/h2-7H,1H3,(H,16,17). The van der Waals surface area contributed by atoms with Crippen LogP contribution >= 0.6 is 38.9 Å². The van der Waals surface area contributed by atoms with Gasteiger partial charge in [-0.1, -0.05) is 11.6 Å². The summed E-state index contributed by atoms with van der Waals surface area (Å²) >= 11 is 10.8. The molecule has 94 valence electrons. The van der Waals surface area contributed by atoms with Crippen LogP contribution in [0.2, 0.25) is 5.15 Å². The number of amides is 1. The lowest BCUT2D eigenvalue weighted by atomic mass is 10.1. The van der Waals surface area contributed by atoms with Crippen LogP contribution in [-0.2, 0) is 0 Å². The number of hydrogen-bond acceptors (Lipinski definition) is 3. The van der Waals surface area contributed by atoms with Crippen molar-refractivity contribution in [1.29, 1.82) is 0 Å². The summed E-state index contributed by atoms with van der Waals surface area (Å²) in [5.41, 5.74) is 1.44. The van der Waals surface area contributed by atoms with Gasteiger partial charge in [0.2, 0.25) is 0 Å². The lowest BCUT2D eigenvalue weighted by molar-refractivity contribution is 0.0939. The molecule has 0 aromatic carbocycles. The molecule has 1 atom stereocenters. The number of nitrogens with one attached hydrogen (secondary N) is 1. The van der Waals surface area contributed by atoms with Gasteiger partial charge < -0.3 is 5.32 Å². The maximum Gasteiger partial charge on any atom is 0.254 e. The molecule has 0 aliphatic carbocycles. The van der Waals surface area contributed by atoms with E-state index in [4.69, 9.17) is 11.6 Å². The van der Waals surface area contributed by atoms with Crippen LogP contribution in [0.1, 0.15) is 28.9 Å². The van der Waals surface area contributed by atoms with Crippen molar-refractivity contribution < 1.29 is 4.79 Å².